The Labute approximate surface area is 101 Å². The smallest absolute Gasteiger partial charge is 0.126 e. The molecule has 0 saturated carbocycles. The third-order valence-corrected chi connectivity index (χ3v) is 3.13. The van der Waals surface area contributed by atoms with Gasteiger partial charge in [-0.1, -0.05) is 13.8 Å². The van der Waals surface area contributed by atoms with Crippen LogP contribution < -0.4 is 5.73 Å². The number of hydrogen-bond donors (Lipinski definition) is 1. The van der Waals surface area contributed by atoms with Crippen molar-refractivity contribution in [2.75, 3.05) is 6.54 Å². The average Bonchev–Trinajstić information content (AvgIpc) is 2.30. The van der Waals surface area contributed by atoms with Gasteiger partial charge in [0.05, 0.1) is 12.2 Å². The van der Waals surface area contributed by atoms with Gasteiger partial charge in [0.2, 0.25) is 0 Å². The lowest BCUT2D eigenvalue weighted by atomic mass is 9.97. The fourth-order valence-corrected chi connectivity index (χ4v) is 1.73. The molecule has 0 radical (unpaired) electrons. The lowest BCUT2D eigenvalue weighted by Crippen LogP contribution is -2.39. The quantitative estimate of drug-likeness (QED) is 0.833. The maximum atomic E-state index is 13.0. The molecule has 0 spiro atoms. The second-order valence-electron chi connectivity index (χ2n) is 4.16. The van der Waals surface area contributed by atoms with Gasteiger partial charge >= 0.3 is 0 Å². The molecule has 2 nitrogen and oxygen atoms in total. The van der Waals surface area contributed by atoms with Crippen LogP contribution in [0.2, 0.25) is 0 Å². The molecule has 1 rings (SSSR count). The van der Waals surface area contributed by atoms with Crippen LogP contribution in [-0.4, -0.2) is 12.1 Å². The van der Waals surface area contributed by atoms with Gasteiger partial charge in [0.1, 0.15) is 11.6 Å². The predicted molar refractivity (Wildman–Crippen MR) is 63.5 cm³/mol. The van der Waals surface area contributed by atoms with Crippen molar-refractivity contribution in [3.63, 3.8) is 0 Å². The van der Waals surface area contributed by atoms with E-state index in [1.807, 2.05) is 13.8 Å². The van der Waals surface area contributed by atoms with E-state index in [1.54, 1.807) is 0 Å². The van der Waals surface area contributed by atoms with Crippen molar-refractivity contribution in [1.29, 1.82) is 0 Å². The highest BCUT2D eigenvalue weighted by atomic mass is 19.1. The minimum atomic E-state index is -0.588. The van der Waals surface area contributed by atoms with Gasteiger partial charge in [0.15, 0.2) is 0 Å². The van der Waals surface area contributed by atoms with Crippen LogP contribution in [0, 0.1) is 11.6 Å². The van der Waals surface area contributed by atoms with Crippen LogP contribution >= 0.6 is 0 Å². The summed E-state index contributed by atoms with van der Waals surface area (Å²) < 4.78 is 31.7. The highest BCUT2D eigenvalue weighted by Gasteiger charge is 2.25. The maximum Gasteiger partial charge on any atom is 0.126 e. The van der Waals surface area contributed by atoms with Gasteiger partial charge in [-0.15, -0.1) is 0 Å². The van der Waals surface area contributed by atoms with Gasteiger partial charge in [-0.2, -0.15) is 0 Å². The van der Waals surface area contributed by atoms with Crippen LogP contribution in [0.25, 0.3) is 0 Å². The minimum absolute atomic E-state index is 0.174. The van der Waals surface area contributed by atoms with E-state index in [9.17, 15) is 8.78 Å². The zero-order chi connectivity index (χ0) is 12.9. The summed E-state index contributed by atoms with van der Waals surface area (Å²) in [6.45, 7) is 4.55. The number of hydrogen-bond acceptors (Lipinski definition) is 2. The molecule has 0 aliphatic heterocycles. The van der Waals surface area contributed by atoms with Crippen molar-refractivity contribution in [1.82, 2.24) is 0 Å². The Bertz CT molecular complexity index is 336. The van der Waals surface area contributed by atoms with Gasteiger partial charge in [-0.25, -0.2) is 8.78 Å². The number of rotatable bonds is 6. The van der Waals surface area contributed by atoms with Crippen LogP contribution in [0.5, 0.6) is 0 Å². The molecule has 4 heteroatoms. The Kier molecular flexibility index (Phi) is 5.02. The summed E-state index contributed by atoms with van der Waals surface area (Å²) in [5.74, 6) is -1.18. The Hall–Kier alpha value is -1.00. The van der Waals surface area contributed by atoms with E-state index in [1.165, 1.54) is 12.1 Å². The molecule has 0 aliphatic carbocycles. The van der Waals surface area contributed by atoms with Crippen LogP contribution in [0.15, 0.2) is 18.2 Å². The molecule has 1 aromatic rings. The van der Waals surface area contributed by atoms with Crippen LogP contribution in [-0.2, 0) is 11.3 Å². The number of nitrogens with two attached hydrogens (primary N) is 1. The molecule has 0 aromatic heterocycles. The lowest BCUT2D eigenvalue weighted by Gasteiger charge is -2.30. The number of ether oxygens (including phenoxy) is 1. The van der Waals surface area contributed by atoms with Gasteiger partial charge in [-0.3, -0.25) is 0 Å². The number of benzene rings is 1. The van der Waals surface area contributed by atoms with E-state index in [0.29, 0.717) is 12.1 Å². The topological polar surface area (TPSA) is 35.2 Å². The van der Waals surface area contributed by atoms with Crippen molar-refractivity contribution in [2.45, 2.75) is 38.9 Å². The summed E-state index contributed by atoms with van der Waals surface area (Å²) in [6, 6.07) is 3.39. The Morgan fingerprint density at radius 3 is 2.06 bits per heavy atom. The van der Waals surface area contributed by atoms with E-state index in [-0.39, 0.29) is 6.61 Å². The summed E-state index contributed by atoms with van der Waals surface area (Å²) in [5.41, 5.74) is 5.77. The average molecular weight is 243 g/mol. The molecule has 0 atom stereocenters. The highest BCUT2D eigenvalue weighted by molar-refractivity contribution is 5.17. The fourth-order valence-electron chi connectivity index (χ4n) is 1.73. The standard InChI is InChI=1S/C13H19F2NO/c1-3-13(4-2,9-16)17-8-10-5-11(14)7-12(15)6-10/h5-7H,3-4,8-9,16H2,1-2H3. The van der Waals surface area contributed by atoms with E-state index >= 15 is 0 Å². The Morgan fingerprint density at radius 2 is 1.65 bits per heavy atom. The molecule has 17 heavy (non-hydrogen) atoms. The first kappa shape index (κ1) is 14.1. The molecule has 0 bridgehead atoms. The molecule has 96 valence electrons. The predicted octanol–water partition coefficient (Wildman–Crippen LogP) is 3.00. The molecule has 0 unspecified atom stereocenters. The minimum Gasteiger partial charge on any atom is -0.369 e. The summed E-state index contributed by atoms with van der Waals surface area (Å²) in [4.78, 5) is 0. The second kappa shape index (κ2) is 6.07. The van der Waals surface area contributed by atoms with Gasteiger partial charge in [0.25, 0.3) is 0 Å². The molecule has 0 heterocycles. The van der Waals surface area contributed by atoms with Crippen LogP contribution in [0.3, 0.4) is 0 Å². The lowest BCUT2D eigenvalue weighted by molar-refractivity contribution is -0.0554. The molecule has 2 N–H and O–H groups in total. The van der Waals surface area contributed by atoms with E-state index in [0.717, 1.165) is 18.9 Å². The molecule has 0 saturated heterocycles. The Morgan fingerprint density at radius 1 is 1.12 bits per heavy atom. The fraction of sp³-hybridized carbons (Fsp3) is 0.538. The molecular weight excluding hydrogens is 224 g/mol. The summed E-state index contributed by atoms with van der Waals surface area (Å²) in [5, 5.41) is 0. The van der Waals surface area contributed by atoms with Gasteiger partial charge in [0, 0.05) is 12.6 Å². The van der Waals surface area contributed by atoms with Crippen molar-refractivity contribution in [2.24, 2.45) is 5.73 Å². The van der Waals surface area contributed by atoms with Crippen LogP contribution in [0.1, 0.15) is 32.3 Å². The summed E-state index contributed by atoms with van der Waals surface area (Å²) >= 11 is 0. The molecular formula is C13H19F2NO. The summed E-state index contributed by atoms with van der Waals surface area (Å²) in [7, 11) is 0. The zero-order valence-corrected chi connectivity index (χ0v) is 10.3. The second-order valence-corrected chi connectivity index (χ2v) is 4.16. The van der Waals surface area contributed by atoms with Crippen molar-refractivity contribution >= 4 is 0 Å². The summed E-state index contributed by atoms with van der Waals surface area (Å²) in [6.07, 6.45) is 1.55. The molecule has 0 aliphatic rings. The maximum absolute atomic E-state index is 13.0. The molecule has 1 aromatic carbocycles. The SMILES string of the molecule is CCC(CC)(CN)OCc1cc(F)cc(F)c1. The first-order chi connectivity index (χ1) is 8.05. The monoisotopic (exact) mass is 243 g/mol. The Balaban J connectivity index is 2.71. The molecule has 0 amide bonds. The third-order valence-electron chi connectivity index (χ3n) is 3.13. The zero-order valence-electron chi connectivity index (χ0n) is 10.3. The largest absolute Gasteiger partial charge is 0.369 e. The van der Waals surface area contributed by atoms with Crippen molar-refractivity contribution in [3.8, 4) is 0 Å². The first-order valence-corrected chi connectivity index (χ1v) is 5.84. The van der Waals surface area contributed by atoms with Crippen LogP contribution in [0.4, 0.5) is 8.78 Å². The van der Waals surface area contributed by atoms with Crippen molar-refractivity contribution in [3.05, 3.63) is 35.4 Å². The van der Waals surface area contributed by atoms with Crippen molar-refractivity contribution < 1.29 is 13.5 Å². The van der Waals surface area contributed by atoms with E-state index in [4.69, 9.17) is 10.5 Å². The molecule has 0 fully saturated rings. The van der Waals surface area contributed by atoms with Gasteiger partial charge < -0.3 is 10.5 Å². The normalized spacial score (nSPS) is 11.8. The van der Waals surface area contributed by atoms with E-state index in [2.05, 4.69) is 0 Å². The first-order valence-electron chi connectivity index (χ1n) is 5.84. The third kappa shape index (κ3) is 3.75. The van der Waals surface area contributed by atoms with Gasteiger partial charge in [-0.05, 0) is 30.5 Å². The number of halogens is 2. The highest BCUT2D eigenvalue weighted by Crippen LogP contribution is 2.21. The van der Waals surface area contributed by atoms with E-state index < -0.39 is 17.2 Å².